The Morgan fingerprint density at radius 2 is 2.19 bits per heavy atom. The summed E-state index contributed by atoms with van der Waals surface area (Å²) < 4.78 is 18.6. The zero-order chi connectivity index (χ0) is 14.8. The maximum Gasteiger partial charge on any atom is 0.123 e. The van der Waals surface area contributed by atoms with E-state index in [2.05, 4.69) is 4.90 Å². The molecule has 0 aromatic heterocycles. The van der Waals surface area contributed by atoms with Gasteiger partial charge in [-0.3, -0.25) is 4.90 Å². The average Bonchev–Trinajstić information content (AvgIpc) is 3.16. The van der Waals surface area contributed by atoms with Crippen molar-refractivity contribution in [1.29, 1.82) is 0 Å². The molecular weight excluding hydrogens is 269 g/mol. The molecule has 0 radical (unpaired) electrons. The number of rotatable bonds is 6. The van der Waals surface area contributed by atoms with Crippen LogP contribution < -0.4 is 0 Å². The molecule has 1 N–H and O–H groups in total. The minimum absolute atomic E-state index is 0.245. The maximum absolute atomic E-state index is 13.2. The second-order valence-electron chi connectivity index (χ2n) is 6.43. The standard InChI is InChI=1S/C17H24FNO2/c1-12-8-14(18)2-5-16(12)17(20)10-19(15-3-4-15)9-13-6-7-21-11-13/h2,5,8,13,15,17,20H,3-4,6-7,9-11H2,1H3. The number of aliphatic hydroxyl groups is 1. The van der Waals surface area contributed by atoms with E-state index in [-0.39, 0.29) is 5.82 Å². The molecule has 1 saturated carbocycles. The Labute approximate surface area is 125 Å². The van der Waals surface area contributed by atoms with Gasteiger partial charge in [-0.1, -0.05) is 6.07 Å². The molecule has 0 bridgehead atoms. The third-order valence-electron chi connectivity index (χ3n) is 4.58. The van der Waals surface area contributed by atoms with E-state index >= 15 is 0 Å². The first-order valence-electron chi connectivity index (χ1n) is 7.89. The van der Waals surface area contributed by atoms with Gasteiger partial charge in [0.05, 0.1) is 12.7 Å². The Morgan fingerprint density at radius 1 is 1.38 bits per heavy atom. The molecule has 3 nitrogen and oxygen atoms in total. The van der Waals surface area contributed by atoms with Gasteiger partial charge in [0.2, 0.25) is 0 Å². The van der Waals surface area contributed by atoms with Crippen molar-refractivity contribution in [3.8, 4) is 0 Å². The first kappa shape index (κ1) is 14.9. The summed E-state index contributed by atoms with van der Waals surface area (Å²) >= 11 is 0. The molecule has 0 spiro atoms. The summed E-state index contributed by atoms with van der Waals surface area (Å²) in [6.45, 7) is 5.20. The quantitative estimate of drug-likeness (QED) is 0.875. The van der Waals surface area contributed by atoms with E-state index in [1.807, 2.05) is 6.92 Å². The van der Waals surface area contributed by atoms with Crippen LogP contribution in [0.25, 0.3) is 0 Å². The zero-order valence-corrected chi connectivity index (χ0v) is 12.6. The topological polar surface area (TPSA) is 32.7 Å². The summed E-state index contributed by atoms with van der Waals surface area (Å²) in [4.78, 5) is 2.40. The molecule has 1 heterocycles. The van der Waals surface area contributed by atoms with Crippen molar-refractivity contribution in [1.82, 2.24) is 4.90 Å². The smallest absolute Gasteiger partial charge is 0.123 e. The third kappa shape index (κ3) is 3.82. The largest absolute Gasteiger partial charge is 0.387 e. The zero-order valence-electron chi connectivity index (χ0n) is 12.6. The van der Waals surface area contributed by atoms with Gasteiger partial charge in [-0.2, -0.15) is 0 Å². The van der Waals surface area contributed by atoms with Crippen LogP contribution in [0.4, 0.5) is 4.39 Å². The molecule has 1 aliphatic carbocycles. The Hall–Kier alpha value is -0.970. The van der Waals surface area contributed by atoms with Crippen molar-refractivity contribution >= 4 is 0 Å². The third-order valence-corrected chi connectivity index (χ3v) is 4.58. The van der Waals surface area contributed by atoms with Crippen LogP contribution in [0.15, 0.2) is 18.2 Å². The van der Waals surface area contributed by atoms with Gasteiger partial charge in [0.1, 0.15) is 5.82 Å². The maximum atomic E-state index is 13.2. The van der Waals surface area contributed by atoms with Gasteiger partial charge < -0.3 is 9.84 Å². The first-order chi connectivity index (χ1) is 10.1. The fourth-order valence-corrected chi connectivity index (χ4v) is 3.20. The van der Waals surface area contributed by atoms with E-state index in [1.165, 1.54) is 25.0 Å². The number of ether oxygens (including phenoxy) is 1. The van der Waals surface area contributed by atoms with Crippen LogP contribution in [0.5, 0.6) is 0 Å². The molecule has 3 rings (SSSR count). The van der Waals surface area contributed by atoms with Crippen LogP contribution in [0.2, 0.25) is 0 Å². The summed E-state index contributed by atoms with van der Waals surface area (Å²) in [5.74, 6) is 0.345. The van der Waals surface area contributed by atoms with Crippen molar-refractivity contribution in [3.63, 3.8) is 0 Å². The molecule has 1 aliphatic heterocycles. The fraction of sp³-hybridized carbons (Fsp3) is 0.647. The van der Waals surface area contributed by atoms with Crippen LogP contribution in [0.3, 0.4) is 0 Å². The lowest BCUT2D eigenvalue weighted by molar-refractivity contribution is 0.0936. The number of halogens is 1. The van der Waals surface area contributed by atoms with E-state index in [0.717, 1.165) is 37.3 Å². The van der Waals surface area contributed by atoms with Crippen LogP contribution >= 0.6 is 0 Å². The number of aliphatic hydroxyl groups excluding tert-OH is 1. The van der Waals surface area contributed by atoms with Gasteiger partial charge in [-0.05, 0) is 55.4 Å². The van der Waals surface area contributed by atoms with Gasteiger partial charge in [0.15, 0.2) is 0 Å². The van der Waals surface area contributed by atoms with E-state index in [0.29, 0.717) is 18.5 Å². The number of hydrogen-bond donors (Lipinski definition) is 1. The molecule has 1 saturated heterocycles. The van der Waals surface area contributed by atoms with Crippen LogP contribution in [-0.2, 0) is 4.74 Å². The van der Waals surface area contributed by atoms with E-state index < -0.39 is 6.10 Å². The summed E-state index contributed by atoms with van der Waals surface area (Å²) in [5, 5.41) is 10.5. The summed E-state index contributed by atoms with van der Waals surface area (Å²) in [5.41, 5.74) is 1.66. The minimum Gasteiger partial charge on any atom is -0.387 e. The van der Waals surface area contributed by atoms with Crippen molar-refractivity contribution in [2.45, 2.75) is 38.3 Å². The molecular formula is C17H24FNO2. The lowest BCUT2D eigenvalue weighted by atomic mass is 10.0. The average molecular weight is 293 g/mol. The normalized spacial score (nSPS) is 23.7. The molecule has 4 heteroatoms. The Kier molecular flexibility index (Phi) is 4.57. The van der Waals surface area contributed by atoms with Crippen LogP contribution in [0, 0.1) is 18.7 Å². The van der Waals surface area contributed by atoms with Gasteiger partial charge in [0, 0.05) is 25.7 Å². The first-order valence-corrected chi connectivity index (χ1v) is 7.89. The van der Waals surface area contributed by atoms with Crippen molar-refractivity contribution in [3.05, 3.63) is 35.1 Å². The SMILES string of the molecule is Cc1cc(F)ccc1C(O)CN(CC1CCOC1)C1CC1. The fourth-order valence-electron chi connectivity index (χ4n) is 3.20. The molecule has 21 heavy (non-hydrogen) atoms. The van der Waals surface area contributed by atoms with E-state index in [1.54, 1.807) is 6.07 Å². The van der Waals surface area contributed by atoms with Gasteiger partial charge in [-0.25, -0.2) is 4.39 Å². The molecule has 0 amide bonds. The molecule has 2 fully saturated rings. The Balaban J connectivity index is 1.64. The number of hydrogen-bond acceptors (Lipinski definition) is 3. The van der Waals surface area contributed by atoms with Crippen molar-refractivity contribution < 1.29 is 14.2 Å². The number of benzene rings is 1. The van der Waals surface area contributed by atoms with Crippen molar-refractivity contribution in [2.75, 3.05) is 26.3 Å². The lowest BCUT2D eigenvalue weighted by Crippen LogP contribution is -2.35. The number of nitrogens with zero attached hydrogens (tertiary/aromatic N) is 1. The molecule has 116 valence electrons. The van der Waals surface area contributed by atoms with Gasteiger partial charge >= 0.3 is 0 Å². The predicted molar refractivity (Wildman–Crippen MR) is 79.6 cm³/mol. The van der Waals surface area contributed by atoms with Crippen LogP contribution in [0.1, 0.15) is 36.5 Å². The van der Waals surface area contributed by atoms with Crippen LogP contribution in [-0.4, -0.2) is 42.4 Å². The summed E-state index contributed by atoms with van der Waals surface area (Å²) in [6, 6.07) is 5.24. The molecule has 2 aliphatic rings. The second kappa shape index (κ2) is 6.42. The van der Waals surface area contributed by atoms with E-state index in [4.69, 9.17) is 4.74 Å². The van der Waals surface area contributed by atoms with E-state index in [9.17, 15) is 9.50 Å². The summed E-state index contributed by atoms with van der Waals surface area (Å²) in [6.07, 6.45) is 3.02. The van der Waals surface area contributed by atoms with Gasteiger partial charge in [-0.15, -0.1) is 0 Å². The minimum atomic E-state index is -0.548. The predicted octanol–water partition coefficient (Wildman–Crippen LogP) is 2.67. The lowest BCUT2D eigenvalue weighted by Gasteiger charge is -2.28. The highest BCUT2D eigenvalue weighted by Crippen LogP contribution is 2.31. The Bertz CT molecular complexity index is 484. The molecule has 1 aromatic rings. The number of aryl methyl sites for hydroxylation is 1. The monoisotopic (exact) mass is 293 g/mol. The Morgan fingerprint density at radius 3 is 2.81 bits per heavy atom. The van der Waals surface area contributed by atoms with Crippen molar-refractivity contribution in [2.24, 2.45) is 5.92 Å². The van der Waals surface area contributed by atoms with Gasteiger partial charge in [0.25, 0.3) is 0 Å². The second-order valence-corrected chi connectivity index (χ2v) is 6.43. The highest BCUT2D eigenvalue weighted by atomic mass is 19.1. The molecule has 1 aromatic carbocycles. The highest BCUT2D eigenvalue weighted by molar-refractivity contribution is 5.28. The summed E-state index contributed by atoms with van der Waals surface area (Å²) in [7, 11) is 0. The molecule has 2 unspecified atom stereocenters. The highest BCUT2D eigenvalue weighted by Gasteiger charge is 2.33. The molecule has 2 atom stereocenters.